The number of nitrogens with one attached hydrogen (secondary N) is 1. The molecule has 1 aliphatic carbocycles. The second-order valence-electron chi connectivity index (χ2n) is 6.26. The lowest BCUT2D eigenvalue weighted by Gasteiger charge is -2.33. The van der Waals surface area contributed by atoms with Gasteiger partial charge in [0.2, 0.25) is 0 Å². The molecule has 0 fully saturated rings. The minimum absolute atomic E-state index is 0.481. The molecular weight excluding hydrogens is 248 g/mol. The standard InChI is InChI=1S/C17H30N2O/c1-5-13(6-2)16(19(3)4)12-18-15-8-7-9-17-14(15)10-11-20-17/h10-11,13,15-16,18H,5-9,12H2,1-4H3. The van der Waals surface area contributed by atoms with E-state index in [1.807, 2.05) is 6.26 Å². The Morgan fingerprint density at radius 3 is 2.75 bits per heavy atom. The van der Waals surface area contributed by atoms with E-state index >= 15 is 0 Å². The Balaban J connectivity index is 1.97. The molecule has 3 nitrogen and oxygen atoms in total. The van der Waals surface area contributed by atoms with Crippen molar-refractivity contribution in [2.45, 2.75) is 58.0 Å². The van der Waals surface area contributed by atoms with Gasteiger partial charge in [-0.25, -0.2) is 0 Å². The first kappa shape index (κ1) is 15.6. The van der Waals surface area contributed by atoms with Crippen LogP contribution in [0.4, 0.5) is 0 Å². The topological polar surface area (TPSA) is 28.4 Å². The normalized spacial score (nSPS) is 20.4. The summed E-state index contributed by atoms with van der Waals surface area (Å²) in [6, 6.07) is 3.24. The lowest BCUT2D eigenvalue weighted by atomic mass is 9.90. The smallest absolute Gasteiger partial charge is 0.108 e. The molecule has 0 radical (unpaired) electrons. The molecule has 1 aliphatic rings. The van der Waals surface area contributed by atoms with Gasteiger partial charge in [0.25, 0.3) is 0 Å². The Hall–Kier alpha value is -0.800. The van der Waals surface area contributed by atoms with Crippen LogP contribution in [-0.2, 0) is 6.42 Å². The summed E-state index contributed by atoms with van der Waals surface area (Å²) in [5.74, 6) is 1.96. The zero-order valence-corrected chi connectivity index (χ0v) is 13.5. The van der Waals surface area contributed by atoms with Crippen LogP contribution in [0.5, 0.6) is 0 Å². The van der Waals surface area contributed by atoms with E-state index in [9.17, 15) is 0 Å². The molecule has 0 aliphatic heterocycles. The Bertz CT molecular complexity index is 395. The van der Waals surface area contributed by atoms with E-state index in [-0.39, 0.29) is 0 Å². The average molecular weight is 278 g/mol. The summed E-state index contributed by atoms with van der Waals surface area (Å²) in [6.45, 7) is 5.67. The number of hydrogen-bond acceptors (Lipinski definition) is 3. The molecule has 0 amide bonds. The molecule has 0 saturated carbocycles. The van der Waals surface area contributed by atoms with E-state index in [2.05, 4.69) is 44.2 Å². The molecule has 0 spiro atoms. The fourth-order valence-electron chi connectivity index (χ4n) is 3.57. The molecule has 20 heavy (non-hydrogen) atoms. The minimum atomic E-state index is 0.481. The Labute approximate surface area is 123 Å². The van der Waals surface area contributed by atoms with Crippen molar-refractivity contribution >= 4 is 0 Å². The molecule has 2 rings (SSSR count). The molecule has 1 aromatic heterocycles. The maximum Gasteiger partial charge on any atom is 0.108 e. The molecular formula is C17H30N2O. The van der Waals surface area contributed by atoms with Crippen LogP contribution in [0.3, 0.4) is 0 Å². The Morgan fingerprint density at radius 1 is 1.35 bits per heavy atom. The highest BCUT2D eigenvalue weighted by atomic mass is 16.3. The fourth-order valence-corrected chi connectivity index (χ4v) is 3.57. The van der Waals surface area contributed by atoms with Crippen LogP contribution >= 0.6 is 0 Å². The summed E-state index contributed by atoms with van der Waals surface area (Å²) in [5, 5.41) is 3.79. The monoisotopic (exact) mass is 278 g/mol. The van der Waals surface area contributed by atoms with Crippen molar-refractivity contribution in [1.29, 1.82) is 0 Å². The van der Waals surface area contributed by atoms with Crippen molar-refractivity contribution in [3.05, 3.63) is 23.7 Å². The van der Waals surface area contributed by atoms with Gasteiger partial charge < -0.3 is 14.6 Å². The van der Waals surface area contributed by atoms with E-state index in [0.717, 1.165) is 18.9 Å². The van der Waals surface area contributed by atoms with Gasteiger partial charge in [-0.3, -0.25) is 0 Å². The van der Waals surface area contributed by atoms with Crippen LogP contribution in [0.15, 0.2) is 16.7 Å². The van der Waals surface area contributed by atoms with E-state index < -0.39 is 0 Å². The van der Waals surface area contributed by atoms with Crippen molar-refractivity contribution in [3.8, 4) is 0 Å². The van der Waals surface area contributed by atoms with Crippen LogP contribution in [0.25, 0.3) is 0 Å². The van der Waals surface area contributed by atoms with E-state index in [1.54, 1.807) is 0 Å². The first-order chi connectivity index (χ1) is 9.67. The van der Waals surface area contributed by atoms with E-state index in [4.69, 9.17) is 4.42 Å². The van der Waals surface area contributed by atoms with Crippen LogP contribution in [0.1, 0.15) is 56.9 Å². The second kappa shape index (κ2) is 7.28. The molecule has 1 heterocycles. The summed E-state index contributed by atoms with van der Waals surface area (Å²) in [6.07, 6.45) is 7.91. The van der Waals surface area contributed by atoms with Crippen molar-refractivity contribution in [2.75, 3.05) is 20.6 Å². The summed E-state index contributed by atoms with van der Waals surface area (Å²) in [7, 11) is 4.41. The van der Waals surface area contributed by atoms with E-state index in [1.165, 1.54) is 37.0 Å². The number of fused-ring (bicyclic) bond motifs is 1. The summed E-state index contributed by atoms with van der Waals surface area (Å²) in [4.78, 5) is 2.38. The highest BCUT2D eigenvalue weighted by molar-refractivity contribution is 5.24. The highest BCUT2D eigenvalue weighted by Crippen LogP contribution is 2.30. The second-order valence-corrected chi connectivity index (χ2v) is 6.26. The quantitative estimate of drug-likeness (QED) is 0.826. The zero-order chi connectivity index (χ0) is 14.5. The molecule has 0 saturated heterocycles. The lowest BCUT2D eigenvalue weighted by molar-refractivity contribution is 0.187. The zero-order valence-electron chi connectivity index (χ0n) is 13.5. The van der Waals surface area contributed by atoms with Gasteiger partial charge in [0.15, 0.2) is 0 Å². The first-order valence-electron chi connectivity index (χ1n) is 8.13. The number of aryl methyl sites for hydroxylation is 1. The third-order valence-corrected chi connectivity index (χ3v) is 4.88. The average Bonchev–Trinajstić information content (AvgIpc) is 2.92. The summed E-state index contributed by atoms with van der Waals surface area (Å²) >= 11 is 0. The number of nitrogens with zero attached hydrogens (tertiary/aromatic N) is 1. The fraction of sp³-hybridized carbons (Fsp3) is 0.765. The van der Waals surface area contributed by atoms with Gasteiger partial charge in [-0.1, -0.05) is 26.7 Å². The highest BCUT2D eigenvalue weighted by Gasteiger charge is 2.25. The van der Waals surface area contributed by atoms with Gasteiger partial charge in [-0.05, 0) is 38.9 Å². The molecule has 1 aromatic rings. The summed E-state index contributed by atoms with van der Waals surface area (Å²) in [5.41, 5.74) is 1.39. The molecule has 114 valence electrons. The molecule has 1 N–H and O–H groups in total. The summed E-state index contributed by atoms with van der Waals surface area (Å²) < 4.78 is 5.58. The third-order valence-electron chi connectivity index (χ3n) is 4.88. The van der Waals surface area contributed by atoms with Crippen LogP contribution in [0.2, 0.25) is 0 Å². The number of furan rings is 1. The lowest BCUT2D eigenvalue weighted by Crippen LogP contribution is -2.44. The molecule has 2 atom stereocenters. The van der Waals surface area contributed by atoms with Gasteiger partial charge in [0.1, 0.15) is 5.76 Å². The molecule has 3 heteroatoms. The predicted octanol–water partition coefficient (Wildman–Crippen LogP) is 3.61. The number of likely N-dealkylation sites (N-methyl/N-ethyl adjacent to an activating group) is 1. The SMILES string of the molecule is CCC(CC)C(CNC1CCCc2occc21)N(C)C. The van der Waals surface area contributed by atoms with Gasteiger partial charge in [-0.15, -0.1) is 0 Å². The first-order valence-corrected chi connectivity index (χ1v) is 8.13. The Kier molecular flexibility index (Phi) is 5.67. The van der Waals surface area contributed by atoms with Gasteiger partial charge >= 0.3 is 0 Å². The largest absolute Gasteiger partial charge is 0.469 e. The van der Waals surface area contributed by atoms with Crippen molar-refractivity contribution in [1.82, 2.24) is 10.2 Å². The van der Waals surface area contributed by atoms with Gasteiger partial charge in [0.05, 0.1) is 6.26 Å². The number of hydrogen-bond donors (Lipinski definition) is 1. The van der Waals surface area contributed by atoms with E-state index in [0.29, 0.717) is 12.1 Å². The third kappa shape index (κ3) is 3.44. The molecule has 0 bridgehead atoms. The van der Waals surface area contributed by atoms with Crippen LogP contribution in [0, 0.1) is 5.92 Å². The van der Waals surface area contributed by atoms with Crippen molar-refractivity contribution in [2.24, 2.45) is 5.92 Å². The molecule has 0 aromatic carbocycles. The Morgan fingerprint density at radius 2 is 2.10 bits per heavy atom. The minimum Gasteiger partial charge on any atom is -0.469 e. The van der Waals surface area contributed by atoms with Gasteiger partial charge in [-0.2, -0.15) is 0 Å². The maximum absolute atomic E-state index is 5.58. The number of rotatable bonds is 7. The van der Waals surface area contributed by atoms with Crippen molar-refractivity contribution in [3.63, 3.8) is 0 Å². The predicted molar refractivity (Wildman–Crippen MR) is 83.9 cm³/mol. The molecule has 2 unspecified atom stereocenters. The van der Waals surface area contributed by atoms with Crippen molar-refractivity contribution < 1.29 is 4.42 Å². The van der Waals surface area contributed by atoms with Crippen LogP contribution < -0.4 is 5.32 Å². The maximum atomic E-state index is 5.58. The van der Waals surface area contributed by atoms with Crippen LogP contribution in [-0.4, -0.2) is 31.6 Å². The van der Waals surface area contributed by atoms with Gasteiger partial charge in [0, 0.05) is 30.6 Å².